The third-order valence-electron chi connectivity index (χ3n) is 10.7. The molecule has 5 heteroatoms. The topological polar surface area (TPSA) is 48.5 Å². The monoisotopic (exact) mass is 689 g/mol. The van der Waals surface area contributed by atoms with Gasteiger partial charge in [-0.05, 0) is 70.3 Å². The molecule has 4 heterocycles. The fourth-order valence-electron chi connectivity index (χ4n) is 8.23. The Kier molecular flexibility index (Phi) is 6.79. The molecule has 0 saturated carbocycles. The van der Waals surface area contributed by atoms with Gasteiger partial charge in [0.05, 0.1) is 27.6 Å². The van der Waals surface area contributed by atoms with Gasteiger partial charge in [0, 0.05) is 56.8 Å². The number of fused-ring (bicyclic) bond motifs is 8. The lowest BCUT2D eigenvalue weighted by Gasteiger charge is -2.15. The third kappa shape index (κ3) is 4.69. The molecule has 0 N–H and O–H groups in total. The standard InChI is InChI=1S/C49H31N5/c1-3-13-32(14-4-1)34-27-35(33-15-5-2-6-16-33)29-37(28-34)53-45-21-11-8-18-40(45)42-23-24-43-41-19-9-12-22-46(41)54(48(43)47(42)53)49-51-30-36(31-52-49)38-25-26-50-44-20-10-7-17-39(38)44/h1-31H. The SMILES string of the molecule is c1ccc(-c2cc(-c3ccccc3)cc(-n3c4ccccc4c4ccc5c6ccccc6n(-c6ncc(-c7ccnc8ccccc78)cn6)c5c43)c2)cc1. The van der Waals surface area contributed by atoms with Crippen molar-refractivity contribution in [1.29, 1.82) is 0 Å². The maximum absolute atomic E-state index is 5.10. The van der Waals surface area contributed by atoms with Crippen molar-refractivity contribution in [2.75, 3.05) is 0 Å². The average Bonchev–Trinajstić information content (AvgIpc) is 3.77. The minimum Gasteiger partial charge on any atom is -0.307 e. The lowest BCUT2D eigenvalue weighted by Crippen LogP contribution is -2.03. The summed E-state index contributed by atoms with van der Waals surface area (Å²) >= 11 is 0. The van der Waals surface area contributed by atoms with Gasteiger partial charge in [0.1, 0.15) is 0 Å². The fourth-order valence-corrected chi connectivity index (χ4v) is 8.23. The van der Waals surface area contributed by atoms with Crippen LogP contribution in [0.2, 0.25) is 0 Å². The highest BCUT2D eigenvalue weighted by molar-refractivity contribution is 6.23. The molecule has 54 heavy (non-hydrogen) atoms. The van der Waals surface area contributed by atoms with Gasteiger partial charge in [-0.1, -0.05) is 127 Å². The van der Waals surface area contributed by atoms with E-state index in [1.165, 1.54) is 21.9 Å². The Labute approximate surface area is 311 Å². The number of aromatic nitrogens is 5. The first-order valence-corrected chi connectivity index (χ1v) is 18.2. The number of hydrogen-bond donors (Lipinski definition) is 0. The van der Waals surface area contributed by atoms with E-state index in [0.717, 1.165) is 71.7 Å². The maximum Gasteiger partial charge on any atom is 0.234 e. The Hall–Kier alpha value is -7.37. The van der Waals surface area contributed by atoms with Crippen LogP contribution in [0.25, 0.3) is 99.5 Å². The first-order valence-electron chi connectivity index (χ1n) is 18.2. The summed E-state index contributed by atoms with van der Waals surface area (Å²) in [5.74, 6) is 0.621. The van der Waals surface area contributed by atoms with Crippen LogP contribution in [0.3, 0.4) is 0 Å². The van der Waals surface area contributed by atoms with E-state index in [-0.39, 0.29) is 0 Å². The lowest BCUT2D eigenvalue weighted by atomic mass is 9.98. The zero-order valence-electron chi connectivity index (χ0n) is 29.1. The van der Waals surface area contributed by atoms with E-state index in [0.29, 0.717) is 5.95 Å². The van der Waals surface area contributed by atoms with Crippen LogP contribution < -0.4 is 0 Å². The van der Waals surface area contributed by atoms with Crippen molar-refractivity contribution in [3.05, 3.63) is 188 Å². The molecule has 0 unspecified atom stereocenters. The second-order valence-corrected chi connectivity index (χ2v) is 13.7. The Morgan fingerprint density at radius 1 is 0.352 bits per heavy atom. The number of hydrogen-bond acceptors (Lipinski definition) is 3. The number of para-hydroxylation sites is 3. The number of nitrogens with zero attached hydrogens (tertiary/aromatic N) is 5. The van der Waals surface area contributed by atoms with Gasteiger partial charge >= 0.3 is 0 Å². The molecule has 0 radical (unpaired) electrons. The summed E-state index contributed by atoms with van der Waals surface area (Å²) in [6.07, 6.45) is 5.73. The molecule has 0 fully saturated rings. The Morgan fingerprint density at radius 3 is 1.50 bits per heavy atom. The summed E-state index contributed by atoms with van der Waals surface area (Å²) in [5, 5.41) is 5.75. The quantitative estimate of drug-likeness (QED) is 0.181. The predicted molar refractivity (Wildman–Crippen MR) is 222 cm³/mol. The molecule has 0 spiro atoms. The highest BCUT2D eigenvalue weighted by atomic mass is 15.2. The van der Waals surface area contributed by atoms with Crippen LogP contribution in [0, 0.1) is 0 Å². The van der Waals surface area contributed by atoms with Crippen LogP contribution in [0.1, 0.15) is 0 Å². The van der Waals surface area contributed by atoms with Crippen LogP contribution in [0.4, 0.5) is 0 Å². The van der Waals surface area contributed by atoms with Crippen molar-refractivity contribution < 1.29 is 0 Å². The summed E-state index contributed by atoms with van der Waals surface area (Å²) < 4.78 is 4.69. The maximum atomic E-state index is 5.10. The normalized spacial score (nSPS) is 11.7. The first kappa shape index (κ1) is 30.3. The van der Waals surface area contributed by atoms with Crippen LogP contribution >= 0.6 is 0 Å². The third-order valence-corrected chi connectivity index (χ3v) is 10.7. The molecule has 0 aliphatic carbocycles. The Bertz CT molecular complexity index is 3130. The minimum absolute atomic E-state index is 0.621. The molecule has 252 valence electrons. The van der Waals surface area contributed by atoms with Gasteiger partial charge in [0.15, 0.2) is 0 Å². The van der Waals surface area contributed by atoms with E-state index in [1.54, 1.807) is 0 Å². The van der Waals surface area contributed by atoms with Crippen molar-refractivity contribution in [3.63, 3.8) is 0 Å². The second-order valence-electron chi connectivity index (χ2n) is 13.7. The van der Waals surface area contributed by atoms with Gasteiger partial charge in [-0.2, -0.15) is 0 Å². The highest BCUT2D eigenvalue weighted by Gasteiger charge is 2.23. The molecule has 11 aromatic rings. The summed E-state index contributed by atoms with van der Waals surface area (Å²) in [5.41, 5.74) is 13.1. The largest absolute Gasteiger partial charge is 0.307 e. The first-order chi connectivity index (χ1) is 26.8. The molecule has 11 rings (SSSR count). The van der Waals surface area contributed by atoms with Gasteiger partial charge in [-0.25, -0.2) is 9.97 Å². The summed E-state index contributed by atoms with van der Waals surface area (Å²) in [6, 6.07) is 60.4. The lowest BCUT2D eigenvalue weighted by molar-refractivity contribution is 0.990. The second kappa shape index (κ2) is 12.1. The number of pyridine rings is 1. The summed E-state index contributed by atoms with van der Waals surface area (Å²) in [6.45, 7) is 0. The van der Waals surface area contributed by atoms with E-state index in [9.17, 15) is 0 Å². The summed E-state index contributed by atoms with van der Waals surface area (Å²) in [7, 11) is 0. The number of rotatable bonds is 5. The van der Waals surface area contributed by atoms with Gasteiger partial charge in [0.2, 0.25) is 5.95 Å². The molecular weight excluding hydrogens is 659 g/mol. The Morgan fingerprint density at radius 2 is 0.870 bits per heavy atom. The zero-order valence-corrected chi connectivity index (χ0v) is 29.1. The van der Waals surface area contributed by atoms with Crippen molar-refractivity contribution >= 4 is 54.5 Å². The van der Waals surface area contributed by atoms with Gasteiger partial charge < -0.3 is 4.57 Å². The smallest absolute Gasteiger partial charge is 0.234 e. The molecular formula is C49H31N5. The van der Waals surface area contributed by atoms with Crippen LogP contribution in [0.5, 0.6) is 0 Å². The van der Waals surface area contributed by atoms with Crippen molar-refractivity contribution in [3.8, 4) is 45.0 Å². The van der Waals surface area contributed by atoms with Crippen LogP contribution in [-0.2, 0) is 0 Å². The van der Waals surface area contributed by atoms with Crippen LogP contribution in [-0.4, -0.2) is 24.1 Å². The van der Waals surface area contributed by atoms with Gasteiger partial charge in [-0.15, -0.1) is 0 Å². The minimum atomic E-state index is 0.621. The van der Waals surface area contributed by atoms with E-state index < -0.39 is 0 Å². The summed E-state index contributed by atoms with van der Waals surface area (Å²) in [4.78, 5) is 14.8. The van der Waals surface area contributed by atoms with Crippen molar-refractivity contribution in [2.45, 2.75) is 0 Å². The molecule has 0 aliphatic heterocycles. The van der Waals surface area contributed by atoms with Crippen molar-refractivity contribution in [1.82, 2.24) is 24.1 Å². The molecule has 0 aliphatic rings. The van der Waals surface area contributed by atoms with Crippen LogP contribution in [0.15, 0.2) is 188 Å². The molecule has 0 saturated heterocycles. The average molecular weight is 690 g/mol. The van der Waals surface area contributed by atoms with E-state index >= 15 is 0 Å². The van der Waals surface area contributed by atoms with E-state index in [4.69, 9.17) is 9.97 Å². The predicted octanol–water partition coefficient (Wildman–Crippen LogP) is 12.2. The Balaban J connectivity index is 1.22. The molecule has 0 amide bonds. The molecule has 5 nitrogen and oxygen atoms in total. The van der Waals surface area contributed by atoms with Gasteiger partial charge in [0.25, 0.3) is 0 Å². The fraction of sp³-hybridized carbons (Fsp3) is 0. The zero-order chi connectivity index (χ0) is 35.6. The highest BCUT2D eigenvalue weighted by Crippen LogP contribution is 2.42. The van der Waals surface area contributed by atoms with E-state index in [2.05, 4.69) is 160 Å². The molecule has 0 atom stereocenters. The molecule has 4 aromatic heterocycles. The molecule has 7 aromatic carbocycles. The van der Waals surface area contributed by atoms with Gasteiger partial charge in [-0.3, -0.25) is 9.55 Å². The van der Waals surface area contributed by atoms with E-state index in [1.807, 2.05) is 42.9 Å². The number of benzene rings is 7. The van der Waals surface area contributed by atoms with Crippen molar-refractivity contribution in [2.24, 2.45) is 0 Å². The molecule has 0 bridgehead atoms.